The molecule has 20 heavy (non-hydrogen) atoms. The lowest BCUT2D eigenvalue weighted by Gasteiger charge is -2.17. The summed E-state index contributed by atoms with van der Waals surface area (Å²) >= 11 is 1.66. The van der Waals surface area contributed by atoms with Gasteiger partial charge in [-0.05, 0) is 24.1 Å². The van der Waals surface area contributed by atoms with Gasteiger partial charge in [-0.25, -0.2) is 4.39 Å². The van der Waals surface area contributed by atoms with Crippen molar-refractivity contribution in [3.8, 4) is 0 Å². The summed E-state index contributed by atoms with van der Waals surface area (Å²) in [5, 5.41) is 3.38. The number of nitrogens with one attached hydrogen (secondary N) is 1. The van der Waals surface area contributed by atoms with E-state index in [1.54, 1.807) is 18.4 Å². The number of methoxy groups -OCH3 is 1. The van der Waals surface area contributed by atoms with Gasteiger partial charge in [-0.15, -0.1) is 11.3 Å². The second-order valence-corrected chi connectivity index (χ2v) is 5.59. The number of aromatic nitrogens is 1. The van der Waals surface area contributed by atoms with E-state index in [1.165, 1.54) is 17.0 Å². The molecule has 2 aromatic rings. The summed E-state index contributed by atoms with van der Waals surface area (Å²) in [6.07, 6.45) is 2.81. The first-order chi connectivity index (χ1) is 9.79. The third-order valence-electron chi connectivity index (χ3n) is 3.15. The number of nitrogens with zero attached hydrogens (tertiary/aromatic N) is 1. The molecule has 1 N–H and O–H groups in total. The van der Waals surface area contributed by atoms with E-state index in [-0.39, 0.29) is 5.82 Å². The van der Waals surface area contributed by atoms with Gasteiger partial charge in [-0.2, -0.15) is 0 Å². The second kappa shape index (κ2) is 8.09. The lowest BCUT2D eigenvalue weighted by atomic mass is 9.95. The van der Waals surface area contributed by atoms with Crippen LogP contribution in [-0.2, 0) is 11.2 Å². The molecule has 0 fully saturated rings. The van der Waals surface area contributed by atoms with Crippen LogP contribution in [0, 0.1) is 5.82 Å². The first-order valence-corrected chi connectivity index (χ1v) is 7.50. The van der Waals surface area contributed by atoms with Crippen LogP contribution >= 0.6 is 11.3 Å². The van der Waals surface area contributed by atoms with Gasteiger partial charge in [0, 0.05) is 37.2 Å². The van der Waals surface area contributed by atoms with E-state index in [0.29, 0.717) is 12.5 Å². The molecule has 0 aliphatic heterocycles. The molecule has 0 saturated heterocycles. The molecule has 0 bridgehead atoms. The van der Waals surface area contributed by atoms with Crippen LogP contribution in [0.15, 0.2) is 36.0 Å². The van der Waals surface area contributed by atoms with Crippen molar-refractivity contribution in [2.75, 3.05) is 26.8 Å². The van der Waals surface area contributed by atoms with Gasteiger partial charge in [0.05, 0.1) is 12.1 Å². The lowest BCUT2D eigenvalue weighted by Crippen LogP contribution is -2.26. The molecule has 0 spiro atoms. The summed E-state index contributed by atoms with van der Waals surface area (Å²) in [4.78, 5) is 5.35. The maximum atomic E-state index is 13.0. The second-order valence-electron chi connectivity index (χ2n) is 4.62. The Morgan fingerprint density at radius 3 is 2.80 bits per heavy atom. The van der Waals surface area contributed by atoms with Crippen LogP contribution < -0.4 is 5.32 Å². The summed E-state index contributed by atoms with van der Waals surface area (Å²) < 4.78 is 18.1. The van der Waals surface area contributed by atoms with Crippen LogP contribution in [-0.4, -0.2) is 31.8 Å². The molecule has 1 aromatic heterocycles. The molecule has 0 amide bonds. The average Bonchev–Trinajstić information content (AvgIpc) is 2.96. The quantitative estimate of drug-likeness (QED) is 0.760. The topological polar surface area (TPSA) is 34.1 Å². The number of thiazole rings is 1. The fraction of sp³-hybridized carbons (Fsp3) is 0.400. The highest BCUT2D eigenvalue weighted by atomic mass is 32.1. The van der Waals surface area contributed by atoms with Gasteiger partial charge in [-0.1, -0.05) is 12.1 Å². The molecule has 108 valence electrons. The molecule has 2 rings (SSSR count). The Balaban J connectivity index is 2.00. The Morgan fingerprint density at radius 1 is 1.35 bits per heavy atom. The monoisotopic (exact) mass is 294 g/mol. The predicted molar refractivity (Wildman–Crippen MR) is 79.7 cm³/mol. The van der Waals surface area contributed by atoms with Crippen LogP contribution in [0.25, 0.3) is 0 Å². The highest BCUT2D eigenvalue weighted by molar-refractivity contribution is 7.09. The van der Waals surface area contributed by atoms with Crippen LogP contribution in [0.2, 0.25) is 0 Å². The predicted octanol–water partition coefficient (Wildman–Crippen LogP) is 2.84. The minimum absolute atomic E-state index is 0.197. The first kappa shape index (κ1) is 15.1. The van der Waals surface area contributed by atoms with Gasteiger partial charge in [0.1, 0.15) is 5.82 Å². The van der Waals surface area contributed by atoms with Gasteiger partial charge in [0.2, 0.25) is 0 Å². The van der Waals surface area contributed by atoms with E-state index in [9.17, 15) is 4.39 Å². The van der Waals surface area contributed by atoms with Crippen LogP contribution in [0.1, 0.15) is 16.4 Å². The molecule has 1 unspecified atom stereocenters. The molecule has 1 aromatic carbocycles. The van der Waals surface area contributed by atoms with Crippen molar-refractivity contribution in [2.45, 2.75) is 12.3 Å². The zero-order chi connectivity index (χ0) is 14.2. The molecule has 0 radical (unpaired) electrons. The van der Waals surface area contributed by atoms with Crippen molar-refractivity contribution in [3.63, 3.8) is 0 Å². The summed E-state index contributed by atoms with van der Waals surface area (Å²) in [7, 11) is 1.69. The maximum Gasteiger partial charge on any atom is 0.123 e. The fourth-order valence-electron chi connectivity index (χ4n) is 2.08. The Bertz CT molecular complexity index is 487. The van der Waals surface area contributed by atoms with Crippen molar-refractivity contribution in [2.24, 2.45) is 0 Å². The minimum Gasteiger partial charge on any atom is -0.383 e. The Morgan fingerprint density at radius 2 is 2.15 bits per heavy atom. The van der Waals surface area contributed by atoms with E-state index in [4.69, 9.17) is 4.74 Å². The SMILES string of the molecule is COCCNCC(Cc1cncs1)c1ccc(F)cc1. The number of rotatable bonds is 8. The average molecular weight is 294 g/mol. The Kier molecular flexibility index (Phi) is 6.11. The maximum absolute atomic E-state index is 13.0. The number of hydrogen-bond acceptors (Lipinski definition) is 4. The molecule has 0 aliphatic carbocycles. The zero-order valence-electron chi connectivity index (χ0n) is 11.5. The Hall–Kier alpha value is -1.30. The molecule has 0 saturated carbocycles. The third-order valence-corrected chi connectivity index (χ3v) is 3.95. The fourth-order valence-corrected chi connectivity index (χ4v) is 2.76. The number of ether oxygens (including phenoxy) is 1. The van der Waals surface area contributed by atoms with Crippen LogP contribution in [0.5, 0.6) is 0 Å². The minimum atomic E-state index is -0.197. The molecule has 1 atom stereocenters. The molecule has 0 aliphatic rings. The van der Waals surface area contributed by atoms with Gasteiger partial charge in [-0.3, -0.25) is 4.98 Å². The van der Waals surface area contributed by atoms with Gasteiger partial charge >= 0.3 is 0 Å². The van der Waals surface area contributed by atoms with E-state index >= 15 is 0 Å². The number of hydrogen-bond donors (Lipinski definition) is 1. The van der Waals surface area contributed by atoms with E-state index in [1.807, 2.05) is 23.8 Å². The highest BCUT2D eigenvalue weighted by Gasteiger charge is 2.13. The third kappa shape index (κ3) is 4.67. The summed E-state index contributed by atoms with van der Waals surface area (Å²) in [6.45, 7) is 2.35. The van der Waals surface area contributed by atoms with Crippen molar-refractivity contribution in [3.05, 3.63) is 52.2 Å². The van der Waals surface area contributed by atoms with Gasteiger partial charge in [0.15, 0.2) is 0 Å². The summed E-state index contributed by atoms with van der Waals surface area (Å²) in [6, 6.07) is 6.76. The van der Waals surface area contributed by atoms with Crippen LogP contribution in [0.4, 0.5) is 4.39 Å². The highest BCUT2D eigenvalue weighted by Crippen LogP contribution is 2.22. The van der Waals surface area contributed by atoms with Crippen molar-refractivity contribution in [1.29, 1.82) is 0 Å². The molecule has 3 nitrogen and oxygen atoms in total. The van der Waals surface area contributed by atoms with E-state index in [0.717, 1.165) is 25.1 Å². The normalized spacial score (nSPS) is 12.5. The first-order valence-electron chi connectivity index (χ1n) is 6.62. The van der Waals surface area contributed by atoms with Gasteiger partial charge < -0.3 is 10.1 Å². The molecule has 1 heterocycles. The van der Waals surface area contributed by atoms with Crippen molar-refractivity contribution < 1.29 is 9.13 Å². The summed E-state index contributed by atoms with van der Waals surface area (Å²) in [5.41, 5.74) is 2.99. The molecular formula is C15H19FN2OS. The summed E-state index contributed by atoms with van der Waals surface area (Å²) in [5.74, 6) is 0.116. The Labute approximate surface area is 122 Å². The van der Waals surface area contributed by atoms with Crippen molar-refractivity contribution in [1.82, 2.24) is 10.3 Å². The smallest absolute Gasteiger partial charge is 0.123 e. The zero-order valence-corrected chi connectivity index (χ0v) is 12.3. The van der Waals surface area contributed by atoms with E-state index in [2.05, 4.69) is 10.3 Å². The van der Waals surface area contributed by atoms with Crippen molar-refractivity contribution >= 4 is 11.3 Å². The lowest BCUT2D eigenvalue weighted by molar-refractivity contribution is 0.199. The standard InChI is InChI=1S/C15H19FN2OS/c1-19-7-6-17-9-13(8-15-10-18-11-20-15)12-2-4-14(16)5-3-12/h2-5,10-11,13,17H,6-9H2,1H3. The number of benzene rings is 1. The largest absolute Gasteiger partial charge is 0.383 e. The van der Waals surface area contributed by atoms with E-state index < -0.39 is 0 Å². The van der Waals surface area contributed by atoms with Gasteiger partial charge in [0.25, 0.3) is 0 Å². The van der Waals surface area contributed by atoms with Crippen LogP contribution in [0.3, 0.4) is 0 Å². The number of halogens is 1. The molecule has 5 heteroatoms. The molecular weight excluding hydrogens is 275 g/mol.